The van der Waals surface area contributed by atoms with Crippen molar-refractivity contribution in [2.75, 3.05) is 0 Å². The second-order valence-corrected chi connectivity index (χ2v) is 3.81. The summed E-state index contributed by atoms with van der Waals surface area (Å²) in [5.74, 6) is 0.853. The molecule has 0 bridgehead atoms. The molecule has 12 heavy (non-hydrogen) atoms. The summed E-state index contributed by atoms with van der Waals surface area (Å²) in [4.78, 5) is 22.6. The van der Waals surface area contributed by atoms with Gasteiger partial charge in [0.15, 0.2) is 0 Å². The van der Waals surface area contributed by atoms with Gasteiger partial charge >= 0.3 is 0 Å². The molecule has 0 aromatic rings. The van der Waals surface area contributed by atoms with Gasteiger partial charge in [0.25, 0.3) is 0 Å². The minimum atomic E-state index is 0.0986. The molecule has 1 saturated carbocycles. The Morgan fingerprint density at radius 2 is 1.25 bits per heavy atom. The predicted octanol–water partition coefficient (Wildman–Crippen LogP) is 1.97. The summed E-state index contributed by atoms with van der Waals surface area (Å²) in [5.41, 5.74) is 0. The maximum Gasteiger partial charge on any atom is 0.135 e. The Morgan fingerprint density at radius 3 is 1.58 bits per heavy atom. The van der Waals surface area contributed by atoms with Crippen molar-refractivity contribution in [2.24, 2.45) is 11.8 Å². The number of hydrogen-bond acceptors (Lipinski definition) is 2. The van der Waals surface area contributed by atoms with E-state index >= 15 is 0 Å². The Morgan fingerprint density at radius 1 is 0.917 bits per heavy atom. The summed E-state index contributed by atoms with van der Waals surface area (Å²) in [6.07, 6.45) is 2.69. The van der Waals surface area contributed by atoms with Crippen molar-refractivity contribution >= 4 is 11.6 Å². The molecule has 0 amide bonds. The Bertz CT molecular complexity index is 174. The van der Waals surface area contributed by atoms with E-state index in [1.165, 1.54) is 0 Å². The van der Waals surface area contributed by atoms with Crippen molar-refractivity contribution in [2.45, 2.75) is 39.5 Å². The average molecular weight is 168 g/mol. The van der Waals surface area contributed by atoms with Gasteiger partial charge in [-0.25, -0.2) is 0 Å². The lowest BCUT2D eigenvalue weighted by Crippen LogP contribution is -2.21. The predicted molar refractivity (Wildman–Crippen MR) is 46.8 cm³/mol. The van der Waals surface area contributed by atoms with Gasteiger partial charge in [-0.15, -0.1) is 0 Å². The molecule has 2 nitrogen and oxygen atoms in total. The van der Waals surface area contributed by atoms with Gasteiger partial charge in [0, 0.05) is 24.7 Å². The maximum absolute atomic E-state index is 11.3. The fourth-order valence-electron chi connectivity index (χ4n) is 1.53. The van der Waals surface area contributed by atoms with E-state index in [4.69, 9.17) is 0 Å². The molecule has 0 aromatic carbocycles. The first-order chi connectivity index (χ1) is 5.61. The summed E-state index contributed by atoms with van der Waals surface area (Å²) in [7, 11) is 0. The summed E-state index contributed by atoms with van der Waals surface area (Å²) in [6, 6.07) is 0. The van der Waals surface area contributed by atoms with Crippen LogP contribution in [0.1, 0.15) is 39.5 Å². The third-order valence-corrected chi connectivity index (χ3v) is 2.75. The minimum absolute atomic E-state index is 0.0986. The number of carbonyl (C=O) groups is 2. The topological polar surface area (TPSA) is 34.1 Å². The number of rotatable bonds is 0. The van der Waals surface area contributed by atoms with Gasteiger partial charge in [-0.1, -0.05) is 13.8 Å². The summed E-state index contributed by atoms with van der Waals surface area (Å²) >= 11 is 0. The molecule has 0 heterocycles. The molecule has 0 spiro atoms. The van der Waals surface area contributed by atoms with Crippen LogP contribution in [0.15, 0.2) is 0 Å². The van der Waals surface area contributed by atoms with Crippen molar-refractivity contribution < 1.29 is 9.59 Å². The fraction of sp³-hybridized carbons (Fsp3) is 0.800. The van der Waals surface area contributed by atoms with Crippen molar-refractivity contribution in [3.8, 4) is 0 Å². The highest BCUT2D eigenvalue weighted by Crippen LogP contribution is 2.20. The average Bonchev–Trinajstić information content (AvgIpc) is 2.07. The zero-order chi connectivity index (χ0) is 9.14. The van der Waals surface area contributed by atoms with E-state index in [1.807, 2.05) is 13.8 Å². The van der Waals surface area contributed by atoms with E-state index in [-0.39, 0.29) is 11.8 Å². The van der Waals surface area contributed by atoms with Gasteiger partial charge in [0.1, 0.15) is 11.6 Å². The van der Waals surface area contributed by atoms with Gasteiger partial charge in [0.2, 0.25) is 0 Å². The molecule has 68 valence electrons. The first-order valence-electron chi connectivity index (χ1n) is 4.66. The molecule has 0 aliphatic heterocycles. The first kappa shape index (κ1) is 9.43. The molecule has 0 saturated heterocycles. The van der Waals surface area contributed by atoms with Crippen molar-refractivity contribution in [1.29, 1.82) is 0 Å². The zero-order valence-electron chi connectivity index (χ0n) is 7.80. The third kappa shape index (κ3) is 2.16. The normalized spacial score (nSPS) is 32.8. The van der Waals surface area contributed by atoms with Gasteiger partial charge in [-0.05, 0) is 12.8 Å². The number of Topliss-reactive ketones (excluding diaryl/α,β-unsaturated/α-hetero) is 2. The lowest BCUT2D eigenvalue weighted by molar-refractivity contribution is -0.127. The number of carbonyl (C=O) groups excluding carboxylic acids is 2. The van der Waals surface area contributed by atoms with Crippen LogP contribution in [0.3, 0.4) is 0 Å². The monoisotopic (exact) mass is 168 g/mol. The van der Waals surface area contributed by atoms with Crippen LogP contribution in [0.2, 0.25) is 0 Å². The van der Waals surface area contributed by atoms with Crippen LogP contribution in [0.5, 0.6) is 0 Å². The highest BCUT2D eigenvalue weighted by molar-refractivity contribution is 5.86. The highest BCUT2D eigenvalue weighted by atomic mass is 16.1. The van der Waals surface area contributed by atoms with Gasteiger partial charge in [0.05, 0.1) is 0 Å². The van der Waals surface area contributed by atoms with Crippen LogP contribution >= 0.6 is 0 Å². The van der Waals surface area contributed by atoms with E-state index in [2.05, 4.69) is 0 Å². The molecular formula is C10H16O2. The molecule has 1 aliphatic rings. The number of hydrogen-bond donors (Lipinski definition) is 0. The molecule has 1 aliphatic carbocycles. The molecule has 2 atom stereocenters. The second kappa shape index (κ2) is 3.83. The zero-order valence-corrected chi connectivity index (χ0v) is 7.80. The highest BCUT2D eigenvalue weighted by Gasteiger charge is 2.22. The molecule has 1 rings (SSSR count). The summed E-state index contributed by atoms with van der Waals surface area (Å²) in [6.45, 7) is 3.84. The van der Waals surface area contributed by atoms with Gasteiger partial charge < -0.3 is 0 Å². The van der Waals surface area contributed by atoms with E-state index in [0.717, 1.165) is 12.8 Å². The Balaban J connectivity index is 2.57. The SMILES string of the molecule is CC1CCC(=O)C(C)CCC1=O. The molecule has 0 radical (unpaired) electrons. The summed E-state index contributed by atoms with van der Waals surface area (Å²) in [5, 5.41) is 0. The quantitative estimate of drug-likeness (QED) is 0.554. The molecule has 0 aromatic heterocycles. The molecule has 2 heteroatoms. The van der Waals surface area contributed by atoms with Crippen molar-refractivity contribution in [1.82, 2.24) is 0 Å². The van der Waals surface area contributed by atoms with E-state index < -0.39 is 0 Å². The molecule has 2 unspecified atom stereocenters. The summed E-state index contributed by atoms with van der Waals surface area (Å²) < 4.78 is 0. The largest absolute Gasteiger partial charge is 0.299 e. The molecular weight excluding hydrogens is 152 g/mol. The van der Waals surface area contributed by atoms with E-state index in [1.54, 1.807) is 0 Å². The van der Waals surface area contributed by atoms with Crippen LogP contribution in [-0.4, -0.2) is 11.6 Å². The smallest absolute Gasteiger partial charge is 0.135 e. The lowest BCUT2D eigenvalue weighted by atomic mass is 9.86. The van der Waals surface area contributed by atoms with Crippen molar-refractivity contribution in [3.63, 3.8) is 0 Å². The van der Waals surface area contributed by atoms with Crippen LogP contribution in [0, 0.1) is 11.8 Å². The minimum Gasteiger partial charge on any atom is -0.299 e. The van der Waals surface area contributed by atoms with Gasteiger partial charge in [-0.3, -0.25) is 9.59 Å². The van der Waals surface area contributed by atoms with Crippen LogP contribution in [-0.2, 0) is 9.59 Å². The standard InChI is InChI=1S/C10H16O2/c1-7-3-5-10(12)8(2)4-6-9(7)11/h7-8H,3-6H2,1-2H3. The molecule has 1 fully saturated rings. The van der Waals surface area contributed by atoms with Gasteiger partial charge in [-0.2, -0.15) is 0 Å². The van der Waals surface area contributed by atoms with E-state index in [9.17, 15) is 9.59 Å². The van der Waals surface area contributed by atoms with Crippen LogP contribution in [0.4, 0.5) is 0 Å². The van der Waals surface area contributed by atoms with Crippen LogP contribution in [0.25, 0.3) is 0 Å². The van der Waals surface area contributed by atoms with Crippen LogP contribution < -0.4 is 0 Å². The third-order valence-electron chi connectivity index (χ3n) is 2.75. The number of ketones is 2. The molecule has 0 N–H and O–H groups in total. The fourth-order valence-corrected chi connectivity index (χ4v) is 1.53. The Kier molecular flexibility index (Phi) is 3.01. The maximum atomic E-state index is 11.3. The Labute approximate surface area is 73.3 Å². The lowest BCUT2D eigenvalue weighted by Gasteiger charge is -2.17. The van der Waals surface area contributed by atoms with E-state index in [0.29, 0.717) is 24.4 Å². The first-order valence-corrected chi connectivity index (χ1v) is 4.66. The Hall–Kier alpha value is -0.660. The van der Waals surface area contributed by atoms with Crippen molar-refractivity contribution in [3.05, 3.63) is 0 Å². The second-order valence-electron chi connectivity index (χ2n) is 3.81.